The van der Waals surface area contributed by atoms with Crippen LogP contribution in [0.2, 0.25) is 0 Å². The van der Waals surface area contributed by atoms with Gasteiger partial charge in [-0.2, -0.15) is 0 Å². The first-order valence-corrected chi connectivity index (χ1v) is 9.62. The molecular formula is C22H25FN4O. The number of aryl methyl sites for hydroxylation is 3. The van der Waals surface area contributed by atoms with Crippen LogP contribution in [0.5, 0.6) is 0 Å². The third-order valence-corrected chi connectivity index (χ3v) is 4.64. The molecule has 0 atom stereocenters. The molecule has 0 radical (unpaired) electrons. The van der Waals surface area contributed by atoms with Crippen molar-refractivity contribution in [2.75, 3.05) is 0 Å². The lowest BCUT2D eigenvalue weighted by atomic mass is 10.1. The first-order chi connectivity index (χ1) is 13.7. The molecule has 2 aromatic carbocycles. The number of unbranched alkanes of at least 4 members (excludes halogenated alkanes) is 1. The van der Waals surface area contributed by atoms with Crippen molar-refractivity contribution in [1.82, 2.24) is 20.1 Å². The van der Waals surface area contributed by atoms with Crippen LogP contribution in [0, 0.1) is 5.82 Å². The van der Waals surface area contributed by atoms with E-state index in [0.29, 0.717) is 13.0 Å². The van der Waals surface area contributed by atoms with Crippen molar-refractivity contribution >= 4 is 5.91 Å². The number of benzene rings is 2. The van der Waals surface area contributed by atoms with Crippen LogP contribution in [-0.4, -0.2) is 20.7 Å². The lowest BCUT2D eigenvalue weighted by Crippen LogP contribution is -2.22. The van der Waals surface area contributed by atoms with E-state index in [0.717, 1.165) is 43.6 Å². The highest BCUT2D eigenvalue weighted by Crippen LogP contribution is 2.08. The fraction of sp³-hybridized carbons (Fsp3) is 0.318. The molecule has 0 bridgehead atoms. The van der Waals surface area contributed by atoms with Gasteiger partial charge in [0.2, 0.25) is 5.91 Å². The molecule has 0 saturated heterocycles. The van der Waals surface area contributed by atoms with Crippen LogP contribution < -0.4 is 5.32 Å². The second kappa shape index (κ2) is 10.3. The van der Waals surface area contributed by atoms with Crippen LogP contribution in [0.1, 0.15) is 36.2 Å². The zero-order valence-electron chi connectivity index (χ0n) is 15.9. The summed E-state index contributed by atoms with van der Waals surface area (Å²) in [6.07, 6.45) is 5.67. The van der Waals surface area contributed by atoms with Gasteiger partial charge in [0.05, 0.1) is 0 Å². The Labute approximate surface area is 164 Å². The number of hydrogen-bond acceptors (Lipinski definition) is 3. The molecule has 0 aliphatic heterocycles. The van der Waals surface area contributed by atoms with E-state index in [9.17, 15) is 9.18 Å². The monoisotopic (exact) mass is 380 g/mol. The summed E-state index contributed by atoms with van der Waals surface area (Å²) in [6, 6.07) is 16.5. The Balaban J connectivity index is 1.34. The van der Waals surface area contributed by atoms with Crippen LogP contribution in [0.4, 0.5) is 4.39 Å². The molecular weight excluding hydrogens is 355 g/mol. The van der Waals surface area contributed by atoms with E-state index in [1.807, 2.05) is 18.2 Å². The Morgan fingerprint density at radius 1 is 0.964 bits per heavy atom. The maximum Gasteiger partial charge on any atom is 0.220 e. The third-order valence-electron chi connectivity index (χ3n) is 4.64. The standard InChI is InChI=1S/C22H25FN4O/c23-20-12-10-19(11-13-20)16-24-22(28)9-5-4-8-21-26-25-17-27(21)15-14-18-6-2-1-3-7-18/h1-3,6-7,10-13,17H,4-5,8-9,14-16H2,(H,24,28). The normalized spacial score (nSPS) is 10.8. The average molecular weight is 380 g/mol. The third kappa shape index (κ3) is 6.30. The molecule has 28 heavy (non-hydrogen) atoms. The van der Waals surface area contributed by atoms with Crippen LogP contribution in [-0.2, 0) is 30.7 Å². The van der Waals surface area contributed by atoms with Gasteiger partial charge in [0.1, 0.15) is 18.0 Å². The highest BCUT2D eigenvalue weighted by Gasteiger charge is 2.06. The smallest absolute Gasteiger partial charge is 0.220 e. The minimum atomic E-state index is -0.272. The lowest BCUT2D eigenvalue weighted by molar-refractivity contribution is -0.121. The average Bonchev–Trinajstić information content (AvgIpc) is 3.17. The van der Waals surface area contributed by atoms with E-state index in [-0.39, 0.29) is 11.7 Å². The van der Waals surface area contributed by atoms with Crippen molar-refractivity contribution in [3.05, 3.63) is 83.7 Å². The quantitative estimate of drug-likeness (QED) is 0.546. The number of nitrogens with one attached hydrogen (secondary N) is 1. The van der Waals surface area contributed by atoms with E-state index in [2.05, 4.69) is 32.2 Å². The molecule has 0 fully saturated rings. The first-order valence-electron chi connectivity index (χ1n) is 9.62. The molecule has 1 amide bonds. The van der Waals surface area contributed by atoms with Gasteiger partial charge in [-0.15, -0.1) is 10.2 Å². The molecule has 0 saturated carbocycles. The Morgan fingerprint density at radius 3 is 2.54 bits per heavy atom. The highest BCUT2D eigenvalue weighted by atomic mass is 19.1. The topological polar surface area (TPSA) is 59.8 Å². The molecule has 1 heterocycles. The van der Waals surface area contributed by atoms with Crippen LogP contribution in [0.25, 0.3) is 0 Å². The second-order valence-electron chi connectivity index (χ2n) is 6.79. The summed E-state index contributed by atoms with van der Waals surface area (Å²) in [4.78, 5) is 12.0. The van der Waals surface area contributed by atoms with Gasteiger partial charge in [-0.25, -0.2) is 4.39 Å². The molecule has 5 nitrogen and oxygen atoms in total. The van der Waals surface area contributed by atoms with E-state index >= 15 is 0 Å². The fourth-order valence-corrected chi connectivity index (χ4v) is 3.01. The maximum absolute atomic E-state index is 12.9. The Kier molecular flexibility index (Phi) is 7.29. The van der Waals surface area contributed by atoms with Crippen LogP contribution in [0.15, 0.2) is 60.9 Å². The molecule has 6 heteroatoms. The second-order valence-corrected chi connectivity index (χ2v) is 6.79. The van der Waals surface area contributed by atoms with Gasteiger partial charge in [0, 0.05) is 25.9 Å². The van der Waals surface area contributed by atoms with Gasteiger partial charge in [0.15, 0.2) is 0 Å². The van der Waals surface area contributed by atoms with E-state index in [1.165, 1.54) is 17.7 Å². The summed E-state index contributed by atoms with van der Waals surface area (Å²) in [7, 11) is 0. The predicted octanol–water partition coefficient (Wildman–Crippen LogP) is 3.69. The number of aromatic nitrogens is 3. The molecule has 0 aliphatic rings. The van der Waals surface area contributed by atoms with Crippen molar-refractivity contribution in [1.29, 1.82) is 0 Å². The summed E-state index contributed by atoms with van der Waals surface area (Å²) in [5.41, 5.74) is 2.18. The molecule has 3 rings (SSSR count). The minimum Gasteiger partial charge on any atom is -0.352 e. The number of amides is 1. The lowest BCUT2D eigenvalue weighted by Gasteiger charge is -2.07. The molecule has 1 N–H and O–H groups in total. The van der Waals surface area contributed by atoms with Gasteiger partial charge >= 0.3 is 0 Å². The number of carbonyl (C=O) groups is 1. The number of halogens is 1. The Hall–Kier alpha value is -3.02. The molecule has 1 aromatic heterocycles. The maximum atomic E-state index is 12.9. The summed E-state index contributed by atoms with van der Waals surface area (Å²) in [5, 5.41) is 11.1. The van der Waals surface area contributed by atoms with Gasteiger partial charge in [-0.05, 0) is 42.5 Å². The summed E-state index contributed by atoms with van der Waals surface area (Å²) in [6.45, 7) is 1.28. The summed E-state index contributed by atoms with van der Waals surface area (Å²) >= 11 is 0. The number of carbonyl (C=O) groups excluding carboxylic acids is 1. The highest BCUT2D eigenvalue weighted by molar-refractivity contribution is 5.75. The van der Waals surface area contributed by atoms with Crippen molar-refractivity contribution < 1.29 is 9.18 Å². The molecule has 146 valence electrons. The largest absolute Gasteiger partial charge is 0.352 e. The minimum absolute atomic E-state index is 0.00914. The van der Waals surface area contributed by atoms with Crippen LogP contribution >= 0.6 is 0 Å². The Bertz CT molecular complexity index is 862. The van der Waals surface area contributed by atoms with E-state index < -0.39 is 0 Å². The molecule has 0 unspecified atom stereocenters. The molecule has 3 aromatic rings. The molecule has 0 aliphatic carbocycles. The number of hydrogen-bond donors (Lipinski definition) is 1. The van der Waals surface area contributed by atoms with Gasteiger partial charge in [-0.3, -0.25) is 4.79 Å². The SMILES string of the molecule is O=C(CCCCc1nncn1CCc1ccccc1)NCc1ccc(F)cc1. The fourth-order valence-electron chi connectivity index (χ4n) is 3.01. The number of nitrogens with zero attached hydrogens (tertiary/aromatic N) is 3. The van der Waals surface area contributed by atoms with Crippen molar-refractivity contribution in [3.63, 3.8) is 0 Å². The molecule has 0 spiro atoms. The van der Waals surface area contributed by atoms with Gasteiger partial charge in [0.25, 0.3) is 0 Å². The van der Waals surface area contributed by atoms with Gasteiger partial charge in [-0.1, -0.05) is 42.5 Å². The van der Waals surface area contributed by atoms with Crippen LogP contribution in [0.3, 0.4) is 0 Å². The predicted molar refractivity (Wildman–Crippen MR) is 106 cm³/mol. The Morgan fingerprint density at radius 2 is 1.75 bits per heavy atom. The summed E-state index contributed by atoms with van der Waals surface area (Å²) < 4.78 is 15.0. The van der Waals surface area contributed by atoms with E-state index in [1.54, 1.807) is 18.5 Å². The zero-order valence-corrected chi connectivity index (χ0v) is 15.9. The first kappa shape index (κ1) is 19.7. The summed E-state index contributed by atoms with van der Waals surface area (Å²) in [5.74, 6) is 0.698. The zero-order chi connectivity index (χ0) is 19.6. The number of rotatable bonds is 10. The van der Waals surface area contributed by atoms with Gasteiger partial charge < -0.3 is 9.88 Å². The van der Waals surface area contributed by atoms with E-state index in [4.69, 9.17) is 0 Å². The van der Waals surface area contributed by atoms with Crippen molar-refractivity contribution in [2.24, 2.45) is 0 Å². The van der Waals surface area contributed by atoms with Crippen molar-refractivity contribution in [3.8, 4) is 0 Å². The van der Waals surface area contributed by atoms with Crippen molar-refractivity contribution in [2.45, 2.75) is 45.2 Å².